The minimum absolute atomic E-state index is 0.135. The summed E-state index contributed by atoms with van der Waals surface area (Å²) in [6.45, 7) is 7.70. The molecule has 0 radical (unpaired) electrons. The Hall–Kier alpha value is -3.98. The summed E-state index contributed by atoms with van der Waals surface area (Å²) < 4.78 is 7.43. The number of nitrogens with zero attached hydrogens (tertiary/aromatic N) is 2. The molecule has 0 saturated carbocycles. The summed E-state index contributed by atoms with van der Waals surface area (Å²) in [4.78, 5) is 54.1. The Kier molecular flexibility index (Phi) is 6.79. The van der Waals surface area contributed by atoms with E-state index in [1.807, 2.05) is 30.5 Å². The summed E-state index contributed by atoms with van der Waals surface area (Å²) in [5.41, 5.74) is 4.98. The van der Waals surface area contributed by atoms with Gasteiger partial charge in [-0.25, -0.2) is 14.5 Å². The second-order valence-corrected chi connectivity index (χ2v) is 10.6. The van der Waals surface area contributed by atoms with Crippen LogP contribution in [0.1, 0.15) is 63.1 Å². The van der Waals surface area contributed by atoms with E-state index in [0.29, 0.717) is 16.8 Å². The molecule has 1 aliphatic carbocycles. The van der Waals surface area contributed by atoms with Crippen LogP contribution in [0.3, 0.4) is 0 Å². The summed E-state index contributed by atoms with van der Waals surface area (Å²) in [6.07, 6.45) is 5.41. The van der Waals surface area contributed by atoms with E-state index in [1.54, 1.807) is 43.4 Å². The van der Waals surface area contributed by atoms with E-state index >= 15 is 0 Å². The van der Waals surface area contributed by atoms with Gasteiger partial charge in [0, 0.05) is 16.3 Å². The number of rotatable bonds is 5. The van der Waals surface area contributed by atoms with Crippen molar-refractivity contribution in [3.8, 4) is 5.00 Å². The zero-order chi connectivity index (χ0) is 27.1. The van der Waals surface area contributed by atoms with Crippen molar-refractivity contribution in [2.75, 3.05) is 11.5 Å². The van der Waals surface area contributed by atoms with Crippen LogP contribution in [-0.2, 0) is 27.2 Å². The molecule has 9 heteroatoms. The van der Waals surface area contributed by atoms with Crippen molar-refractivity contribution < 1.29 is 23.9 Å². The number of hydrogen-bond donors (Lipinski definition) is 1. The number of ether oxygens (including phenoxy) is 1. The number of urea groups is 1. The Morgan fingerprint density at radius 2 is 1.84 bits per heavy atom. The fourth-order valence-electron chi connectivity index (χ4n) is 5.22. The van der Waals surface area contributed by atoms with Crippen LogP contribution in [0.15, 0.2) is 35.9 Å². The lowest BCUT2D eigenvalue weighted by atomic mass is 9.95. The lowest BCUT2D eigenvalue weighted by Gasteiger charge is -2.27. The van der Waals surface area contributed by atoms with Gasteiger partial charge in [-0.2, -0.15) is 0 Å². The van der Waals surface area contributed by atoms with Crippen molar-refractivity contribution >= 4 is 46.9 Å². The average Bonchev–Trinajstić information content (AvgIpc) is 3.38. The lowest BCUT2D eigenvalue weighted by molar-refractivity contribution is -0.122. The highest BCUT2D eigenvalue weighted by atomic mass is 32.1. The summed E-state index contributed by atoms with van der Waals surface area (Å²) in [7, 11) is 0. The maximum absolute atomic E-state index is 13.4. The van der Waals surface area contributed by atoms with Gasteiger partial charge in [-0.1, -0.05) is 18.2 Å². The molecule has 1 N–H and O–H groups in total. The molecule has 38 heavy (non-hydrogen) atoms. The van der Waals surface area contributed by atoms with Crippen LogP contribution < -0.4 is 10.2 Å². The van der Waals surface area contributed by atoms with Crippen LogP contribution in [0.5, 0.6) is 0 Å². The minimum Gasteiger partial charge on any atom is -0.462 e. The predicted molar refractivity (Wildman–Crippen MR) is 146 cm³/mol. The number of barbiturate groups is 1. The number of carbonyl (C=O) groups excluding carboxylic acids is 4. The number of benzene rings is 1. The average molecular weight is 532 g/mol. The molecule has 3 aromatic rings. The maximum atomic E-state index is 13.4. The number of esters is 1. The molecule has 0 bridgehead atoms. The van der Waals surface area contributed by atoms with E-state index in [2.05, 4.69) is 5.32 Å². The molecule has 1 aliphatic heterocycles. The Morgan fingerprint density at radius 1 is 1.11 bits per heavy atom. The lowest BCUT2D eigenvalue weighted by Crippen LogP contribution is -2.54. The quantitative estimate of drug-likeness (QED) is 0.278. The van der Waals surface area contributed by atoms with Crippen molar-refractivity contribution in [3.05, 3.63) is 74.4 Å². The van der Waals surface area contributed by atoms with Crippen molar-refractivity contribution in [1.29, 1.82) is 0 Å². The number of carbonyl (C=O) groups is 4. The molecule has 1 fully saturated rings. The van der Waals surface area contributed by atoms with Gasteiger partial charge in [-0.3, -0.25) is 14.9 Å². The Bertz CT molecular complexity index is 1530. The second kappa shape index (κ2) is 10.1. The molecule has 1 aromatic carbocycles. The van der Waals surface area contributed by atoms with E-state index in [0.717, 1.165) is 58.1 Å². The number of aryl methyl sites for hydroxylation is 3. The molecule has 0 unspecified atom stereocenters. The van der Waals surface area contributed by atoms with E-state index in [4.69, 9.17) is 4.74 Å². The van der Waals surface area contributed by atoms with Crippen LogP contribution in [0.25, 0.3) is 11.1 Å². The largest absolute Gasteiger partial charge is 0.462 e. The third-order valence-corrected chi connectivity index (χ3v) is 8.34. The number of thiophene rings is 1. The molecule has 2 aromatic heterocycles. The van der Waals surface area contributed by atoms with Gasteiger partial charge in [0.25, 0.3) is 11.8 Å². The molecular formula is C29H29N3O5S. The minimum atomic E-state index is -0.778. The van der Waals surface area contributed by atoms with Crippen molar-refractivity contribution in [3.63, 3.8) is 0 Å². The fourth-order valence-corrected chi connectivity index (χ4v) is 6.70. The first-order valence-corrected chi connectivity index (χ1v) is 13.5. The third-order valence-electron chi connectivity index (χ3n) is 7.06. The van der Waals surface area contributed by atoms with E-state index in [9.17, 15) is 19.2 Å². The standard InChI is InChI=1S/C29H29N3O5S/c1-5-37-28(35)24-20-11-7-9-13-23(20)38-27(24)31-17(3)14-19(18(31)4)15-21-25(33)30-29(36)32(26(21)34)22-12-8-6-10-16(22)2/h6,8,10,12,14-15H,5,7,9,11,13H2,1-4H3,(H,30,33,36). The van der Waals surface area contributed by atoms with Crippen LogP contribution in [0, 0.1) is 20.8 Å². The zero-order valence-electron chi connectivity index (χ0n) is 21.8. The van der Waals surface area contributed by atoms with Crippen molar-refractivity contribution in [2.24, 2.45) is 0 Å². The monoisotopic (exact) mass is 531 g/mol. The Labute approximate surface area is 224 Å². The highest BCUT2D eigenvalue weighted by Crippen LogP contribution is 2.39. The maximum Gasteiger partial charge on any atom is 0.341 e. The normalized spacial score (nSPS) is 16.6. The first-order chi connectivity index (χ1) is 18.2. The molecule has 5 rings (SSSR count). The van der Waals surface area contributed by atoms with Gasteiger partial charge in [0.15, 0.2) is 0 Å². The number of para-hydroxylation sites is 1. The van der Waals surface area contributed by atoms with Gasteiger partial charge in [0.1, 0.15) is 10.6 Å². The van der Waals surface area contributed by atoms with Gasteiger partial charge >= 0.3 is 12.0 Å². The predicted octanol–water partition coefficient (Wildman–Crippen LogP) is 5.19. The first kappa shape index (κ1) is 25.7. The van der Waals surface area contributed by atoms with E-state index in [-0.39, 0.29) is 18.1 Å². The molecule has 0 atom stereocenters. The molecule has 196 valence electrons. The van der Waals surface area contributed by atoms with E-state index in [1.165, 1.54) is 11.0 Å². The number of nitrogens with one attached hydrogen (secondary N) is 1. The summed E-state index contributed by atoms with van der Waals surface area (Å²) >= 11 is 1.60. The highest BCUT2D eigenvalue weighted by Gasteiger charge is 2.38. The molecule has 1 saturated heterocycles. The van der Waals surface area contributed by atoms with E-state index < -0.39 is 17.8 Å². The number of imide groups is 2. The smallest absolute Gasteiger partial charge is 0.341 e. The first-order valence-electron chi connectivity index (χ1n) is 12.7. The van der Waals surface area contributed by atoms with Crippen molar-refractivity contribution in [1.82, 2.24) is 9.88 Å². The Balaban J connectivity index is 1.60. The second-order valence-electron chi connectivity index (χ2n) is 9.52. The number of anilines is 1. The summed E-state index contributed by atoms with van der Waals surface area (Å²) in [6, 6.07) is 8.12. The molecular weight excluding hydrogens is 502 g/mol. The number of amides is 4. The molecule has 2 aliphatic rings. The van der Waals surface area contributed by atoms with Crippen LogP contribution in [-0.4, -0.2) is 35.0 Å². The van der Waals surface area contributed by atoms with Gasteiger partial charge in [0.2, 0.25) is 0 Å². The molecule has 8 nitrogen and oxygen atoms in total. The van der Waals surface area contributed by atoms with Crippen LogP contribution >= 0.6 is 11.3 Å². The van der Waals surface area contributed by atoms with Crippen molar-refractivity contribution in [2.45, 2.75) is 53.4 Å². The summed E-state index contributed by atoms with van der Waals surface area (Å²) in [5.74, 6) is -1.76. The van der Waals surface area contributed by atoms with Gasteiger partial charge in [-0.05, 0) is 88.3 Å². The SMILES string of the molecule is CCOC(=O)c1c(-n2c(C)cc(C=C3C(=O)NC(=O)N(c4ccccc4C)C3=O)c2C)sc2c1CCCC2. The van der Waals surface area contributed by atoms with Gasteiger partial charge in [0.05, 0.1) is 17.9 Å². The highest BCUT2D eigenvalue weighted by molar-refractivity contribution is 7.15. The molecule has 4 amide bonds. The number of fused-ring (bicyclic) bond motifs is 1. The summed E-state index contributed by atoms with van der Waals surface area (Å²) in [5, 5.41) is 3.09. The van der Waals surface area contributed by atoms with Gasteiger partial charge < -0.3 is 9.30 Å². The third kappa shape index (κ3) is 4.26. The molecule has 0 spiro atoms. The Morgan fingerprint density at radius 3 is 2.58 bits per heavy atom. The van der Waals surface area contributed by atoms with Gasteiger partial charge in [-0.15, -0.1) is 11.3 Å². The number of aromatic nitrogens is 1. The number of hydrogen-bond acceptors (Lipinski definition) is 6. The molecule has 3 heterocycles. The van der Waals surface area contributed by atoms with Crippen LogP contribution in [0.2, 0.25) is 0 Å². The fraction of sp³-hybridized carbons (Fsp3) is 0.310. The zero-order valence-corrected chi connectivity index (χ0v) is 22.7. The topological polar surface area (TPSA) is 97.7 Å². The van der Waals surface area contributed by atoms with Crippen LogP contribution in [0.4, 0.5) is 10.5 Å².